The molecule has 2 aromatic carbocycles. The molecule has 8 nitrogen and oxygen atoms in total. The quantitative estimate of drug-likeness (QED) is 0.374. The number of carbonyl (C=O) groups is 2. The van der Waals surface area contributed by atoms with Gasteiger partial charge in [0.2, 0.25) is 11.8 Å². The molecule has 0 aliphatic carbocycles. The van der Waals surface area contributed by atoms with Gasteiger partial charge in [0.15, 0.2) is 0 Å². The number of aryl methyl sites for hydroxylation is 2. The lowest BCUT2D eigenvalue weighted by Gasteiger charge is -2.41. The standard InChI is InChI=1S/C35H42N4O4/c1-25-28(7-5-17-36-25)24-37-18-15-30(16-19-37)43-31-11-9-27(33(23-31)42-2)22-35(41)38-20-13-29(14-21-38)39-32-8-4-3-6-26(32)10-12-34(39)40/h3-9,11,17,23,29-30H,10,12-16,18-22,24H2,1-2H3. The van der Waals surface area contributed by atoms with E-state index in [9.17, 15) is 9.59 Å². The highest BCUT2D eigenvalue weighted by molar-refractivity contribution is 5.97. The highest BCUT2D eigenvalue weighted by Crippen LogP contribution is 2.33. The van der Waals surface area contributed by atoms with E-state index < -0.39 is 0 Å². The number of carbonyl (C=O) groups excluding carboxylic acids is 2. The zero-order valence-corrected chi connectivity index (χ0v) is 25.3. The number of methoxy groups -OCH3 is 1. The Kier molecular flexibility index (Phi) is 8.93. The summed E-state index contributed by atoms with van der Waals surface area (Å²) in [5.74, 6) is 1.75. The fourth-order valence-electron chi connectivity index (χ4n) is 6.75. The van der Waals surface area contributed by atoms with Gasteiger partial charge >= 0.3 is 0 Å². The summed E-state index contributed by atoms with van der Waals surface area (Å²) in [6.07, 6.45) is 7.15. The second kappa shape index (κ2) is 13.2. The number of hydrogen-bond donors (Lipinski definition) is 0. The molecule has 1 aromatic heterocycles. The molecule has 0 N–H and O–H groups in total. The molecule has 0 atom stereocenters. The first-order valence-corrected chi connectivity index (χ1v) is 15.6. The Morgan fingerprint density at radius 3 is 2.49 bits per heavy atom. The number of para-hydroxylation sites is 1. The predicted molar refractivity (Wildman–Crippen MR) is 166 cm³/mol. The Hall–Kier alpha value is -3.91. The van der Waals surface area contributed by atoms with Crippen LogP contribution in [0.5, 0.6) is 11.5 Å². The predicted octanol–water partition coefficient (Wildman–Crippen LogP) is 4.95. The molecular weight excluding hydrogens is 540 g/mol. The number of fused-ring (bicyclic) bond motifs is 1. The number of nitrogens with zero attached hydrogens (tertiary/aromatic N) is 4. The molecule has 0 spiro atoms. The minimum absolute atomic E-state index is 0.0898. The van der Waals surface area contributed by atoms with Gasteiger partial charge in [0.05, 0.1) is 13.5 Å². The lowest BCUT2D eigenvalue weighted by atomic mass is 9.95. The molecule has 0 radical (unpaired) electrons. The van der Waals surface area contributed by atoms with E-state index in [1.807, 2.05) is 52.4 Å². The maximum Gasteiger partial charge on any atom is 0.227 e. The van der Waals surface area contributed by atoms with Gasteiger partial charge < -0.3 is 19.3 Å². The summed E-state index contributed by atoms with van der Waals surface area (Å²) in [4.78, 5) is 37.0. The Balaban J connectivity index is 1.00. The summed E-state index contributed by atoms with van der Waals surface area (Å²) in [7, 11) is 1.64. The van der Waals surface area contributed by atoms with Crippen molar-refractivity contribution < 1.29 is 19.1 Å². The first-order valence-electron chi connectivity index (χ1n) is 15.6. The van der Waals surface area contributed by atoms with Crippen LogP contribution >= 0.6 is 0 Å². The van der Waals surface area contributed by atoms with Crippen LogP contribution in [0, 0.1) is 6.92 Å². The van der Waals surface area contributed by atoms with Crippen LogP contribution in [-0.4, -0.2) is 72.0 Å². The Morgan fingerprint density at radius 2 is 1.72 bits per heavy atom. The van der Waals surface area contributed by atoms with Crippen molar-refractivity contribution in [2.24, 2.45) is 0 Å². The fraction of sp³-hybridized carbons (Fsp3) is 0.457. The van der Waals surface area contributed by atoms with Crippen LogP contribution < -0.4 is 14.4 Å². The van der Waals surface area contributed by atoms with Crippen molar-refractivity contribution >= 4 is 17.5 Å². The molecule has 8 heteroatoms. The zero-order chi connectivity index (χ0) is 29.8. The SMILES string of the molecule is COc1cc(OC2CCN(Cc3cccnc3C)CC2)ccc1CC(=O)N1CCC(N2C(=O)CCc3ccccc32)CC1. The largest absolute Gasteiger partial charge is 0.496 e. The van der Waals surface area contributed by atoms with Crippen molar-refractivity contribution in [2.45, 2.75) is 70.6 Å². The molecular formula is C35H42N4O4. The summed E-state index contributed by atoms with van der Waals surface area (Å²) in [5, 5.41) is 0. The third kappa shape index (κ3) is 6.69. The van der Waals surface area contributed by atoms with E-state index in [4.69, 9.17) is 9.47 Å². The number of likely N-dealkylation sites (tertiary alicyclic amines) is 2. The lowest BCUT2D eigenvalue weighted by Crippen LogP contribution is -2.50. The molecule has 3 aromatic rings. The molecule has 0 saturated carbocycles. The number of piperidine rings is 2. The van der Waals surface area contributed by atoms with E-state index >= 15 is 0 Å². The van der Waals surface area contributed by atoms with Gasteiger partial charge in [-0.05, 0) is 68.4 Å². The Morgan fingerprint density at radius 1 is 0.930 bits per heavy atom. The molecule has 0 bridgehead atoms. The average Bonchev–Trinajstić information content (AvgIpc) is 3.04. The zero-order valence-electron chi connectivity index (χ0n) is 25.3. The monoisotopic (exact) mass is 582 g/mol. The number of pyridine rings is 1. The van der Waals surface area contributed by atoms with Gasteiger partial charge in [-0.25, -0.2) is 0 Å². The summed E-state index contributed by atoms with van der Waals surface area (Å²) >= 11 is 0. The fourth-order valence-corrected chi connectivity index (χ4v) is 6.75. The molecule has 4 heterocycles. The van der Waals surface area contributed by atoms with E-state index in [0.717, 1.165) is 74.4 Å². The smallest absolute Gasteiger partial charge is 0.227 e. The number of amides is 2. The second-order valence-electron chi connectivity index (χ2n) is 12.0. The van der Waals surface area contributed by atoms with Crippen molar-refractivity contribution in [1.82, 2.24) is 14.8 Å². The Labute approximate surface area is 254 Å². The first kappa shape index (κ1) is 29.2. The molecule has 226 valence electrons. The molecule has 3 aliphatic heterocycles. The second-order valence-corrected chi connectivity index (χ2v) is 12.0. The summed E-state index contributed by atoms with van der Waals surface area (Å²) < 4.78 is 12.0. The van der Waals surface area contributed by atoms with Crippen LogP contribution in [-0.2, 0) is 29.0 Å². The normalized spacial score (nSPS) is 18.4. The molecule has 2 saturated heterocycles. The maximum atomic E-state index is 13.3. The molecule has 6 rings (SSSR count). The average molecular weight is 583 g/mol. The van der Waals surface area contributed by atoms with E-state index in [1.165, 1.54) is 11.1 Å². The van der Waals surface area contributed by atoms with Gasteiger partial charge in [-0.1, -0.05) is 30.3 Å². The topological polar surface area (TPSA) is 75.2 Å². The molecule has 2 amide bonds. The summed E-state index contributed by atoms with van der Waals surface area (Å²) in [6, 6.07) is 18.3. The highest BCUT2D eigenvalue weighted by atomic mass is 16.5. The van der Waals surface area contributed by atoms with Gasteiger partial charge in [0.25, 0.3) is 0 Å². The van der Waals surface area contributed by atoms with E-state index in [1.54, 1.807) is 7.11 Å². The van der Waals surface area contributed by atoms with Gasteiger partial charge in [-0.2, -0.15) is 0 Å². The Bertz CT molecular complexity index is 1440. The minimum Gasteiger partial charge on any atom is -0.496 e. The first-order chi connectivity index (χ1) is 21.0. The third-order valence-corrected chi connectivity index (χ3v) is 9.26. The third-order valence-electron chi connectivity index (χ3n) is 9.26. The van der Waals surface area contributed by atoms with Crippen molar-refractivity contribution in [3.8, 4) is 11.5 Å². The van der Waals surface area contributed by atoms with Crippen LogP contribution in [0.3, 0.4) is 0 Å². The van der Waals surface area contributed by atoms with Gasteiger partial charge in [0.1, 0.15) is 17.6 Å². The molecule has 2 fully saturated rings. The minimum atomic E-state index is 0.0898. The molecule has 43 heavy (non-hydrogen) atoms. The lowest BCUT2D eigenvalue weighted by molar-refractivity contribution is -0.131. The molecule has 3 aliphatic rings. The number of rotatable bonds is 8. The van der Waals surface area contributed by atoms with Crippen LogP contribution in [0.1, 0.15) is 54.5 Å². The highest BCUT2D eigenvalue weighted by Gasteiger charge is 2.33. The maximum absolute atomic E-state index is 13.3. The van der Waals surface area contributed by atoms with Crippen molar-refractivity contribution in [2.75, 3.05) is 38.2 Å². The number of aromatic nitrogens is 1. The van der Waals surface area contributed by atoms with Crippen molar-refractivity contribution in [1.29, 1.82) is 0 Å². The van der Waals surface area contributed by atoms with E-state index in [2.05, 4.69) is 35.0 Å². The summed E-state index contributed by atoms with van der Waals surface area (Å²) in [5.41, 5.74) is 5.52. The van der Waals surface area contributed by atoms with Gasteiger partial charge in [0, 0.05) is 74.4 Å². The van der Waals surface area contributed by atoms with Gasteiger partial charge in [-0.3, -0.25) is 19.5 Å². The number of hydrogen-bond acceptors (Lipinski definition) is 6. The summed E-state index contributed by atoms with van der Waals surface area (Å²) in [6.45, 7) is 6.26. The van der Waals surface area contributed by atoms with Crippen LogP contribution in [0.25, 0.3) is 0 Å². The van der Waals surface area contributed by atoms with Gasteiger partial charge in [-0.15, -0.1) is 0 Å². The number of anilines is 1. The van der Waals surface area contributed by atoms with Crippen LogP contribution in [0.15, 0.2) is 60.8 Å². The number of ether oxygens (including phenoxy) is 2. The molecule has 0 unspecified atom stereocenters. The number of benzene rings is 2. The van der Waals surface area contributed by atoms with Crippen molar-refractivity contribution in [3.63, 3.8) is 0 Å². The van der Waals surface area contributed by atoms with E-state index in [0.29, 0.717) is 25.3 Å². The van der Waals surface area contributed by atoms with E-state index in [-0.39, 0.29) is 30.4 Å². The van der Waals surface area contributed by atoms with Crippen LogP contribution in [0.2, 0.25) is 0 Å². The van der Waals surface area contributed by atoms with Crippen molar-refractivity contribution in [3.05, 3.63) is 83.2 Å². The van der Waals surface area contributed by atoms with Crippen LogP contribution in [0.4, 0.5) is 5.69 Å².